The summed E-state index contributed by atoms with van der Waals surface area (Å²) in [5.41, 5.74) is 1.85. The zero-order valence-electron chi connectivity index (χ0n) is 18.4. The molecule has 4 rings (SSSR count). The zero-order valence-corrected chi connectivity index (χ0v) is 22.4. The molecule has 0 bridgehead atoms. The predicted molar refractivity (Wildman–Crippen MR) is 143 cm³/mol. The van der Waals surface area contributed by atoms with Gasteiger partial charge in [-0.1, -0.05) is 29.8 Å². The third-order valence-electron chi connectivity index (χ3n) is 4.58. The molecule has 9 nitrogen and oxygen atoms in total. The normalized spacial score (nSPS) is 11.9. The number of anilines is 2. The fraction of sp³-hybridized carbons (Fsp3) is 0. The smallest absolute Gasteiger partial charge is 0.271 e. The number of nitrogens with zero attached hydrogens (tertiary/aromatic N) is 1. The van der Waals surface area contributed by atoms with Crippen molar-refractivity contribution >= 4 is 77.8 Å². The van der Waals surface area contributed by atoms with Crippen LogP contribution in [-0.4, -0.2) is 29.0 Å². The first kappa shape index (κ1) is 26.8. The number of benzene rings is 2. The van der Waals surface area contributed by atoms with Gasteiger partial charge < -0.3 is 0 Å². The topological polar surface area (TPSA) is 134 Å². The molecular formula is C22H16ClFN4O5S4. The molecule has 1 amide bonds. The SMILES string of the molecule is O=C(NN=Cc1c(F)cccc1Cl)c1cc(NS(=O)(=O)c2cccs2)cc(NS(=O)(=O)c2cccs2)c1. The summed E-state index contributed by atoms with van der Waals surface area (Å²) < 4.78 is 69.5. The number of carbonyl (C=O) groups is 1. The summed E-state index contributed by atoms with van der Waals surface area (Å²) in [6, 6.07) is 13.6. The Kier molecular flexibility index (Phi) is 7.94. The van der Waals surface area contributed by atoms with Crippen molar-refractivity contribution in [1.82, 2.24) is 5.43 Å². The maximum atomic E-state index is 13.9. The van der Waals surface area contributed by atoms with Gasteiger partial charge in [-0.2, -0.15) is 5.10 Å². The van der Waals surface area contributed by atoms with Crippen LogP contribution in [0.3, 0.4) is 0 Å². The Morgan fingerprint density at radius 2 is 1.43 bits per heavy atom. The van der Waals surface area contributed by atoms with Crippen molar-refractivity contribution in [2.24, 2.45) is 5.10 Å². The molecule has 0 spiro atoms. The minimum atomic E-state index is -4.00. The highest BCUT2D eigenvalue weighted by Gasteiger charge is 2.20. The molecule has 2 aromatic heterocycles. The minimum Gasteiger partial charge on any atom is -0.279 e. The van der Waals surface area contributed by atoms with Gasteiger partial charge in [0.1, 0.15) is 14.2 Å². The van der Waals surface area contributed by atoms with Crippen molar-refractivity contribution in [2.45, 2.75) is 8.42 Å². The van der Waals surface area contributed by atoms with Gasteiger partial charge in [0.25, 0.3) is 26.0 Å². The van der Waals surface area contributed by atoms with Gasteiger partial charge in [0.05, 0.1) is 22.6 Å². The summed E-state index contributed by atoms with van der Waals surface area (Å²) in [6.07, 6.45) is 1.01. The number of hydrazone groups is 1. The number of thiophene rings is 2. The van der Waals surface area contributed by atoms with Crippen LogP contribution in [0.25, 0.3) is 0 Å². The van der Waals surface area contributed by atoms with E-state index in [1.165, 1.54) is 48.5 Å². The predicted octanol–water partition coefficient (Wildman–Crippen LogP) is 4.97. The van der Waals surface area contributed by atoms with E-state index < -0.39 is 31.8 Å². The van der Waals surface area contributed by atoms with Crippen LogP contribution in [0.2, 0.25) is 5.02 Å². The number of hydrogen-bond donors (Lipinski definition) is 3. The number of amides is 1. The fourth-order valence-corrected chi connectivity index (χ4v) is 7.25. The van der Waals surface area contributed by atoms with E-state index in [1.807, 2.05) is 0 Å². The molecule has 15 heteroatoms. The largest absolute Gasteiger partial charge is 0.279 e. The molecule has 0 aliphatic carbocycles. The van der Waals surface area contributed by atoms with Crippen LogP contribution in [-0.2, 0) is 20.0 Å². The first-order valence-electron chi connectivity index (χ1n) is 10.1. The summed E-state index contributed by atoms with van der Waals surface area (Å²) in [5.74, 6) is -1.47. The molecule has 0 saturated heterocycles. The van der Waals surface area contributed by atoms with Gasteiger partial charge in [0.15, 0.2) is 0 Å². The zero-order chi connectivity index (χ0) is 26.6. The van der Waals surface area contributed by atoms with Crippen LogP contribution in [0.1, 0.15) is 15.9 Å². The molecule has 0 saturated carbocycles. The molecule has 0 aliphatic rings. The van der Waals surface area contributed by atoms with Gasteiger partial charge in [-0.05, 0) is 53.2 Å². The Hall–Kier alpha value is -3.30. The molecule has 3 N–H and O–H groups in total. The average molecular weight is 599 g/mol. The van der Waals surface area contributed by atoms with Crippen molar-refractivity contribution in [3.63, 3.8) is 0 Å². The molecule has 2 heterocycles. The molecule has 2 aromatic carbocycles. The molecular weight excluding hydrogens is 583 g/mol. The summed E-state index contributed by atoms with van der Waals surface area (Å²) in [4.78, 5) is 12.8. The lowest BCUT2D eigenvalue weighted by molar-refractivity contribution is 0.0955. The van der Waals surface area contributed by atoms with E-state index in [0.29, 0.717) is 0 Å². The number of halogens is 2. The quantitative estimate of drug-likeness (QED) is 0.185. The van der Waals surface area contributed by atoms with Gasteiger partial charge in [-0.25, -0.2) is 26.7 Å². The summed E-state index contributed by atoms with van der Waals surface area (Å²) in [5, 5.41) is 6.95. The molecule has 192 valence electrons. The van der Waals surface area contributed by atoms with E-state index in [9.17, 15) is 26.0 Å². The summed E-state index contributed by atoms with van der Waals surface area (Å²) >= 11 is 7.90. The van der Waals surface area contributed by atoms with Gasteiger partial charge in [-0.15, -0.1) is 22.7 Å². The monoisotopic (exact) mass is 598 g/mol. The number of nitrogens with one attached hydrogen (secondary N) is 3. The summed E-state index contributed by atoms with van der Waals surface area (Å²) in [7, 11) is -8.01. The Labute approximate surface area is 224 Å². The first-order valence-corrected chi connectivity index (χ1v) is 15.2. The van der Waals surface area contributed by atoms with Crippen LogP contribution in [0.5, 0.6) is 0 Å². The maximum Gasteiger partial charge on any atom is 0.271 e. The van der Waals surface area contributed by atoms with Gasteiger partial charge in [-0.3, -0.25) is 14.2 Å². The van der Waals surface area contributed by atoms with E-state index in [0.717, 1.165) is 28.9 Å². The van der Waals surface area contributed by atoms with Crippen molar-refractivity contribution in [3.8, 4) is 0 Å². The van der Waals surface area contributed by atoms with Gasteiger partial charge >= 0.3 is 0 Å². The van der Waals surface area contributed by atoms with E-state index in [2.05, 4.69) is 20.0 Å². The highest BCUT2D eigenvalue weighted by atomic mass is 35.5. The van der Waals surface area contributed by atoms with Crippen LogP contribution in [0.15, 0.2) is 84.9 Å². The maximum absolute atomic E-state index is 13.9. The Morgan fingerprint density at radius 3 is 1.92 bits per heavy atom. The van der Waals surface area contributed by atoms with E-state index in [-0.39, 0.29) is 35.9 Å². The number of carbonyl (C=O) groups excluding carboxylic acids is 1. The van der Waals surface area contributed by atoms with E-state index in [1.54, 1.807) is 22.9 Å². The highest BCUT2D eigenvalue weighted by Crippen LogP contribution is 2.27. The molecule has 37 heavy (non-hydrogen) atoms. The lowest BCUT2D eigenvalue weighted by Crippen LogP contribution is -2.20. The lowest BCUT2D eigenvalue weighted by atomic mass is 10.1. The number of hydrogen-bond acceptors (Lipinski definition) is 8. The Balaban J connectivity index is 1.65. The molecule has 0 unspecified atom stereocenters. The fourth-order valence-electron chi connectivity index (χ4n) is 2.97. The second-order valence-corrected chi connectivity index (χ2v) is 13.3. The molecule has 0 radical (unpaired) electrons. The van der Waals surface area contributed by atoms with Crippen LogP contribution < -0.4 is 14.9 Å². The number of rotatable bonds is 9. The minimum absolute atomic E-state index is 0.0226. The highest BCUT2D eigenvalue weighted by molar-refractivity contribution is 7.95. The second-order valence-electron chi connectivity index (χ2n) is 7.21. The second kappa shape index (κ2) is 11.0. The van der Waals surface area contributed by atoms with Crippen molar-refractivity contribution < 1.29 is 26.0 Å². The van der Waals surface area contributed by atoms with Crippen LogP contribution >= 0.6 is 34.3 Å². The van der Waals surface area contributed by atoms with Crippen LogP contribution in [0, 0.1) is 5.82 Å². The molecule has 0 fully saturated rings. The van der Waals surface area contributed by atoms with E-state index >= 15 is 0 Å². The van der Waals surface area contributed by atoms with Crippen molar-refractivity contribution in [3.05, 3.63) is 93.4 Å². The molecule has 0 atom stereocenters. The third-order valence-corrected chi connectivity index (χ3v) is 10.5. The van der Waals surface area contributed by atoms with Crippen LogP contribution in [0.4, 0.5) is 15.8 Å². The third kappa shape index (κ3) is 6.53. The van der Waals surface area contributed by atoms with E-state index in [4.69, 9.17) is 11.6 Å². The molecule has 0 aliphatic heterocycles. The van der Waals surface area contributed by atoms with Gasteiger partial charge in [0, 0.05) is 11.1 Å². The van der Waals surface area contributed by atoms with Gasteiger partial charge in [0.2, 0.25) is 0 Å². The summed E-state index contributed by atoms with van der Waals surface area (Å²) in [6.45, 7) is 0. The number of sulfonamides is 2. The van der Waals surface area contributed by atoms with Crippen molar-refractivity contribution in [1.29, 1.82) is 0 Å². The standard InChI is InChI=1S/C22H16ClFN4O5S4/c23-18-4-1-5-19(24)17(18)13-25-26-22(29)14-10-15(27-36(30,31)20-6-2-8-34-20)12-16(11-14)28-37(32,33)21-7-3-9-35-21/h1-13,27-28H,(H,26,29). The lowest BCUT2D eigenvalue weighted by Gasteiger charge is -2.12. The van der Waals surface area contributed by atoms with Crippen molar-refractivity contribution in [2.75, 3.05) is 9.44 Å². The average Bonchev–Trinajstić information content (AvgIpc) is 3.55. The Bertz CT molecular complexity index is 1570. The molecule has 4 aromatic rings. The first-order chi connectivity index (χ1) is 17.5. The Morgan fingerprint density at radius 1 is 0.865 bits per heavy atom.